The fraction of sp³-hybridized carbons (Fsp3) is 0.857. The second kappa shape index (κ2) is 10.6. The van der Waals surface area contributed by atoms with E-state index in [-0.39, 0.29) is 0 Å². The van der Waals surface area contributed by atoms with Crippen LogP contribution in [0, 0.1) is 5.92 Å². The summed E-state index contributed by atoms with van der Waals surface area (Å²) in [5.41, 5.74) is 0. The van der Waals surface area contributed by atoms with E-state index in [9.17, 15) is 0 Å². The quantitative estimate of drug-likeness (QED) is 0.460. The molecule has 1 unspecified atom stereocenters. The van der Waals surface area contributed by atoms with Crippen LogP contribution in [0.5, 0.6) is 0 Å². The summed E-state index contributed by atoms with van der Waals surface area (Å²) in [6.45, 7) is 9.14. The number of hydrogen-bond donors (Lipinski definition) is 0. The Kier molecular flexibility index (Phi) is 10.7. The van der Waals surface area contributed by atoms with Crippen LogP contribution in [-0.2, 0) is 0 Å². The Bertz CT molecular complexity index is 161. The summed E-state index contributed by atoms with van der Waals surface area (Å²) < 4.78 is 0. The normalized spacial score (nSPS) is 14.3. The van der Waals surface area contributed by atoms with Crippen molar-refractivity contribution in [1.29, 1.82) is 0 Å². The Morgan fingerprint density at radius 2 is 1.80 bits per heavy atom. The molecule has 0 rings (SSSR count). The van der Waals surface area contributed by atoms with E-state index in [1.807, 2.05) is 0 Å². The largest absolute Gasteiger partial charge is 0.131 e. The van der Waals surface area contributed by atoms with Crippen molar-refractivity contribution < 1.29 is 0 Å². The van der Waals surface area contributed by atoms with Crippen LogP contribution in [0.2, 0.25) is 0 Å². The summed E-state index contributed by atoms with van der Waals surface area (Å²) in [6.07, 6.45) is 10.4. The van der Waals surface area contributed by atoms with Gasteiger partial charge in [-0.3, -0.25) is 0 Å². The molecule has 0 aliphatic rings. The Morgan fingerprint density at radius 1 is 1.13 bits per heavy atom. The van der Waals surface area contributed by atoms with Gasteiger partial charge in [0.1, 0.15) is 0 Å². The van der Waals surface area contributed by atoms with Crippen molar-refractivity contribution in [3.05, 3.63) is 11.0 Å². The molecule has 0 bridgehead atoms. The molecule has 0 aromatic heterocycles. The van der Waals surface area contributed by atoms with Gasteiger partial charge in [-0.15, -0.1) is 11.8 Å². The summed E-state index contributed by atoms with van der Waals surface area (Å²) in [7, 11) is 0. The molecule has 0 aliphatic heterocycles. The van der Waals surface area contributed by atoms with Crippen molar-refractivity contribution in [2.24, 2.45) is 5.92 Å². The maximum atomic E-state index is 2.50. The van der Waals surface area contributed by atoms with Crippen LogP contribution < -0.4 is 0 Å². The summed E-state index contributed by atoms with van der Waals surface area (Å²) >= 11 is 2.09. The first kappa shape index (κ1) is 15.1. The smallest absolute Gasteiger partial charge is 0.00235 e. The molecule has 0 aliphatic carbocycles. The van der Waals surface area contributed by atoms with Gasteiger partial charge in [0.15, 0.2) is 0 Å². The van der Waals surface area contributed by atoms with E-state index in [0.29, 0.717) is 0 Å². The predicted molar refractivity (Wildman–Crippen MR) is 74.4 cm³/mol. The number of allylic oxidation sites excluding steroid dienone is 2. The average molecular weight is 228 g/mol. The summed E-state index contributed by atoms with van der Waals surface area (Å²) in [4.78, 5) is 1.64. The highest BCUT2D eigenvalue weighted by Gasteiger charge is 2.01. The van der Waals surface area contributed by atoms with Gasteiger partial charge in [-0.1, -0.05) is 53.0 Å². The number of hydrogen-bond acceptors (Lipinski definition) is 1. The minimum atomic E-state index is 0.756. The third-order valence-corrected chi connectivity index (χ3v) is 3.88. The lowest BCUT2D eigenvalue weighted by atomic mass is 10.1. The molecule has 0 saturated carbocycles. The predicted octanol–water partition coefficient (Wildman–Crippen LogP) is 5.64. The standard InChI is InChI=1S/C14H28S/c1-5-8-10-14(12-13(4)7-3)15-11-9-6-2/h12-13H,5-11H2,1-4H3/b14-12+. The monoisotopic (exact) mass is 228 g/mol. The molecular formula is C14H28S. The van der Waals surface area contributed by atoms with Gasteiger partial charge in [-0.05, 0) is 35.8 Å². The Morgan fingerprint density at radius 3 is 2.33 bits per heavy atom. The van der Waals surface area contributed by atoms with Crippen molar-refractivity contribution in [2.45, 2.75) is 66.2 Å². The van der Waals surface area contributed by atoms with Crippen LogP contribution in [0.3, 0.4) is 0 Å². The maximum absolute atomic E-state index is 2.50. The van der Waals surface area contributed by atoms with Gasteiger partial charge in [0, 0.05) is 0 Å². The minimum Gasteiger partial charge on any atom is -0.131 e. The maximum Gasteiger partial charge on any atom is -0.00235 e. The highest BCUT2D eigenvalue weighted by molar-refractivity contribution is 8.03. The summed E-state index contributed by atoms with van der Waals surface area (Å²) in [6, 6.07) is 0. The van der Waals surface area contributed by atoms with Crippen molar-refractivity contribution in [2.75, 3.05) is 5.75 Å². The van der Waals surface area contributed by atoms with Crippen molar-refractivity contribution in [3.8, 4) is 0 Å². The number of thioether (sulfide) groups is 1. The lowest BCUT2D eigenvalue weighted by Gasteiger charge is -2.09. The second-order valence-electron chi connectivity index (χ2n) is 4.32. The highest BCUT2D eigenvalue weighted by atomic mass is 32.2. The fourth-order valence-corrected chi connectivity index (χ4v) is 2.65. The summed E-state index contributed by atoms with van der Waals surface area (Å²) in [5, 5.41) is 0. The van der Waals surface area contributed by atoms with Crippen LogP contribution in [0.25, 0.3) is 0 Å². The van der Waals surface area contributed by atoms with Crippen molar-refractivity contribution in [1.82, 2.24) is 0 Å². The van der Waals surface area contributed by atoms with Gasteiger partial charge in [0.05, 0.1) is 0 Å². The Labute approximate surface area is 101 Å². The molecule has 15 heavy (non-hydrogen) atoms. The fourth-order valence-electron chi connectivity index (χ4n) is 1.34. The third kappa shape index (κ3) is 9.04. The van der Waals surface area contributed by atoms with Crippen molar-refractivity contribution in [3.63, 3.8) is 0 Å². The molecular weight excluding hydrogens is 200 g/mol. The number of rotatable bonds is 9. The minimum absolute atomic E-state index is 0.756. The van der Waals surface area contributed by atoms with Crippen LogP contribution in [-0.4, -0.2) is 5.75 Å². The molecule has 0 saturated heterocycles. The molecule has 0 nitrogen and oxygen atoms in total. The van der Waals surface area contributed by atoms with E-state index >= 15 is 0 Å². The van der Waals surface area contributed by atoms with E-state index < -0.39 is 0 Å². The topological polar surface area (TPSA) is 0 Å². The molecule has 0 amide bonds. The number of unbranched alkanes of at least 4 members (excludes halogenated alkanes) is 2. The van der Waals surface area contributed by atoms with Gasteiger partial charge in [0.2, 0.25) is 0 Å². The Balaban J connectivity index is 3.98. The Hall–Kier alpha value is 0.0900. The molecule has 0 aromatic rings. The van der Waals surface area contributed by atoms with E-state index in [1.165, 1.54) is 44.3 Å². The van der Waals surface area contributed by atoms with Crippen LogP contribution in [0.1, 0.15) is 66.2 Å². The van der Waals surface area contributed by atoms with E-state index in [4.69, 9.17) is 0 Å². The zero-order valence-corrected chi connectivity index (χ0v) is 11.8. The first-order chi connectivity index (χ1) is 7.24. The van der Waals surface area contributed by atoms with Gasteiger partial charge in [0.25, 0.3) is 0 Å². The molecule has 0 heterocycles. The van der Waals surface area contributed by atoms with Crippen molar-refractivity contribution >= 4 is 11.8 Å². The summed E-state index contributed by atoms with van der Waals surface area (Å²) in [5.74, 6) is 2.06. The molecule has 90 valence electrons. The third-order valence-electron chi connectivity index (χ3n) is 2.68. The van der Waals surface area contributed by atoms with Gasteiger partial charge in [-0.2, -0.15) is 0 Å². The highest BCUT2D eigenvalue weighted by Crippen LogP contribution is 2.25. The zero-order chi connectivity index (χ0) is 11.5. The first-order valence-electron chi connectivity index (χ1n) is 6.58. The molecule has 1 heteroatoms. The van der Waals surface area contributed by atoms with E-state index in [2.05, 4.69) is 45.5 Å². The molecule has 0 aromatic carbocycles. The molecule has 0 N–H and O–H groups in total. The van der Waals surface area contributed by atoms with E-state index in [1.54, 1.807) is 4.91 Å². The average Bonchev–Trinajstić information content (AvgIpc) is 2.25. The van der Waals surface area contributed by atoms with Crippen LogP contribution in [0.15, 0.2) is 11.0 Å². The van der Waals surface area contributed by atoms with Gasteiger partial charge < -0.3 is 0 Å². The first-order valence-corrected chi connectivity index (χ1v) is 7.56. The van der Waals surface area contributed by atoms with Crippen LogP contribution in [0.4, 0.5) is 0 Å². The molecule has 1 atom stereocenters. The second-order valence-corrected chi connectivity index (χ2v) is 5.55. The van der Waals surface area contributed by atoms with Crippen LogP contribution >= 0.6 is 11.8 Å². The van der Waals surface area contributed by atoms with E-state index in [0.717, 1.165) is 5.92 Å². The lowest BCUT2D eigenvalue weighted by Crippen LogP contribution is -1.90. The van der Waals surface area contributed by atoms with Gasteiger partial charge in [-0.25, -0.2) is 0 Å². The van der Waals surface area contributed by atoms with Gasteiger partial charge >= 0.3 is 0 Å². The molecule has 0 spiro atoms. The molecule has 0 fully saturated rings. The lowest BCUT2D eigenvalue weighted by molar-refractivity contribution is 0.689. The SMILES string of the molecule is CCCCS/C(=C/C(C)CC)CCCC. The molecule has 0 radical (unpaired) electrons. The zero-order valence-electron chi connectivity index (χ0n) is 11.0.